The van der Waals surface area contributed by atoms with E-state index in [4.69, 9.17) is 5.11 Å². The summed E-state index contributed by atoms with van der Waals surface area (Å²) in [6, 6.07) is 0. The van der Waals surface area contributed by atoms with Gasteiger partial charge >= 0.3 is 6.09 Å². The molecule has 2 atom stereocenters. The first-order valence-electron chi connectivity index (χ1n) is 4.74. The molecular formula is C9H12N2O3S. The highest BCUT2D eigenvalue weighted by Crippen LogP contribution is 2.30. The van der Waals surface area contributed by atoms with Crippen molar-refractivity contribution in [1.82, 2.24) is 9.88 Å². The summed E-state index contributed by atoms with van der Waals surface area (Å²) >= 11 is 1.40. The lowest BCUT2D eigenvalue weighted by molar-refractivity contribution is 0.107. The topological polar surface area (TPSA) is 73.7 Å². The van der Waals surface area contributed by atoms with Gasteiger partial charge in [-0.15, -0.1) is 11.3 Å². The summed E-state index contributed by atoms with van der Waals surface area (Å²) in [5.74, 6) is -0.0211. The van der Waals surface area contributed by atoms with Gasteiger partial charge < -0.3 is 15.1 Å². The predicted molar refractivity (Wildman–Crippen MR) is 54.8 cm³/mol. The van der Waals surface area contributed by atoms with Crippen LogP contribution in [-0.2, 0) is 0 Å². The number of carbonyl (C=O) groups is 1. The fraction of sp³-hybridized carbons (Fsp3) is 0.556. The number of rotatable bonds is 2. The summed E-state index contributed by atoms with van der Waals surface area (Å²) in [5, 5.41) is 21.2. The molecule has 0 radical (unpaired) electrons. The highest BCUT2D eigenvalue weighted by Gasteiger charge is 2.32. The van der Waals surface area contributed by atoms with Gasteiger partial charge in [-0.05, 0) is 6.42 Å². The molecule has 0 saturated carbocycles. The highest BCUT2D eigenvalue weighted by atomic mass is 32.1. The van der Waals surface area contributed by atoms with Crippen LogP contribution in [0, 0.1) is 5.92 Å². The molecule has 1 amide bonds. The van der Waals surface area contributed by atoms with E-state index in [-0.39, 0.29) is 5.92 Å². The van der Waals surface area contributed by atoms with Crippen LogP contribution < -0.4 is 0 Å². The molecule has 2 N–H and O–H groups in total. The standard InChI is InChI=1S/C9H12N2O3S/c12-7(8-10-2-4-15-8)6-1-3-11(5-6)9(13)14/h2,4,6-7,12H,1,3,5H2,(H,13,14)/t6-,7?/m0/s1. The lowest BCUT2D eigenvalue weighted by Crippen LogP contribution is -2.27. The van der Waals surface area contributed by atoms with Gasteiger partial charge in [-0.2, -0.15) is 0 Å². The van der Waals surface area contributed by atoms with Crippen molar-refractivity contribution in [2.24, 2.45) is 5.92 Å². The van der Waals surface area contributed by atoms with Crippen LogP contribution in [0.15, 0.2) is 11.6 Å². The third kappa shape index (κ3) is 2.10. The van der Waals surface area contributed by atoms with Crippen molar-refractivity contribution in [1.29, 1.82) is 0 Å². The minimum absolute atomic E-state index is 0.0211. The number of carboxylic acid groups (broad SMARTS) is 1. The molecule has 1 aromatic rings. The molecule has 0 bridgehead atoms. The Kier molecular flexibility index (Phi) is 2.88. The van der Waals surface area contributed by atoms with Crippen LogP contribution in [0.5, 0.6) is 0 Å². The zero-order chi connectivity index (χ0) is 10.8. The average molecular weight is 228 g/mol. The molecule has 0 aromatic carbocycles. The number of aromatic nitrogens is 1. The largest absolute Gasteiger partial charge is 0.465 e. The fourth-order valence-electron chi connectivity index (χ4n) is 1.80. The fourth-order valence-corrected chi connectivity index (χ4v) is 2.52. The highest BCUT2D eigenvalue weighted by molar-refractivity contribution is 7.09. The van der Waals surface area contributed by atoms with Crippen molar-refractivity contribution >= 4 is 17.4 Å². The summed E-state index contributed by atoms with van der Waals surface area (Å²) < 4.78 is 0. The monoisotopic (exact) mass is 228 g/mol. The van der Waals surface area contributed by atoms with E-state index in [1.165, 1.54) is 16.2 Å². The summed E-state index contributed by atoms with van der Waals surface area (Å²) in [6.45, 7) is 0.901. The van der Waals surface area contributed by atoms with Gasteiger partial charge in [-0.25, -0.2) is 9.78 Å². The SMILES string of the molecule is O=C(O)N1CC[C@H](C(O)c2nccs2)C1. The van der Waals surface area contributed by atoms with Crippen molar-refractivity contribution in [2.45, 2.75) is 12.5 Å². The van der Waals surface area contributed by atoms with Crippen LogP contribution in [0.25, 0.3) is 0 Å². The van der Waals surface area contributed by atoms with Gasteiger partial charge in [0.05, 0.1) is 0 Å². The lowest BCUT2D eigenvalue weighted by Gasteiger charge is -2.16. The van der Waals surface area contributed by atoms with Gasteiger partial charge in [0.25, 0.3) is 0 Å². The zero-order valence-electron chi connectivity index (χ0n) is 8.04. The second-order valence-corrected chi connectivity index (χ2v) is 4.52. The third-order valence-corrected chi connectivity index (χ3v) is 3.49. The van der Waals surface area contributed by atoms with Crippen molar-refractivity contribution < 1.29 is 15.0 Å². The smallest absolute Gasteiger partial charge is 0.407 e. The van der Waals surface area contributed by atoms with Gasteiger partial charge in [0.2, 0.25) is 0 Å². The Hall–Kier alpha value is -1.14. The molecule has 0 spiro atoms. The van der Waals surface area contributed by atoms with E-state index in [1.807, 2.05) is 5.38 Å². The number of aliphatic hydroxyl groups is 1. The third-order valence-electron chi connectivity index (χ3n) is 2.65. The van der Waals surface area contributed by atoms with E-state index < -0.39 is 12.2 Å². The number of likely N-dealkylation sites (tertiary alicyclic amines) is 1. The molecule has 0 aliphatic carbocycles. The van der Waals surface area contributed by atoms with Crippen molar-refractivity contribution in [3.05, 3.63) is 16.6 Å². The number of amides is 1. The quantitative estimate of drug-likeness (QED) is 0.797. The zero-order valence-corrected chi connectivity index (χ0v) is 8.85. The van der Waals surface area contributed by atoms with E-state index in [9.17, 15) is 9.90 Å². The number of thiazole rings is 1. The maximum absolute atomic E-state index is 10.7. The van der Waals surface area contributed by atoms with Gasteiger partial charge in [0.1, 0.15) is 11.1 Å². The molecule has 1 aliphatic rings. The molecule has 6 heteroatoms. The van der Waals surface area contributed by atoms with Crippen molar-refractivity contribution in [2.75, 3.05) is 13.1 Å². The average Bonchev–Trinajstić information content (AvgIpc) is 2.88. The normalized spacial score (nSPS) is 23.0. The molecule has 5 nitrogen and oxygen atoms in total. The molecule has 15 heavy (non-hydrogen) atoms. The minimum Gasteiger partial charge on any atom is -0.465 e. The summed E-state index contributed by atoms with van der Waals surface area (Å²) in [7, 11) is 0. The predicted octanol–water partition coefficient (Wildman–Crippen LogP) is 1.18. The van der Waals surface area contributed by atoms with Crippen LogP contribution in [0.2, 0.25) is 0 Å². The molecule has 1 aliphatic heterocycles. The molecule has 2 rings (SSSR count). The summed E-state index contributed by atoms with van der Waals surface area (Å²) in [6.07, 6.45) is 0.804. The molecule has 82 valence electrons. The first-order valence-corrected chi connectivity index (χ1v) is 5.62. The van der Waals surface area contributed by atoms with Gasteiger partial charge in [0.15, 0.2) is 0 Å². The molecular weight excluding hydrogens is 216 g/mol. The lowest BCUT2D eigenvalue weighted by atomic mass is 10.0. The summed E-state index contributed by atoms with van der Waals surface area (Å²) in [4.78, 5) is 16.1. The Morgan fingerprint density at radius 2 is 2.53 bits per heavy atom. The van der Waals surface area contributed by atoms with E-state index in [0.29, 0.717) is 24.5 Å². The number of hydrogen-bond donors (Lipinski definition) is 2. The first kappa shape index (κ1) is 10.4. The van der Waals surface area contributed by atoms with Crippen LogP contribution in [-0.4, -0.2) is 39.3 Å². The van der Waals surface area contributed by atoms with Crippen LogP contribution >= 0.6 is 11.3 Å². The molecule has 1 unspecified atom stereocenters. The number of hydrogen-bond acceptors (Lipinski definition) is 4. The van der Waals surface area contributed by atoms with E-state index in [0.717, 1.165) is 0 Å². The summed E-state index contributed by atoms with van der Waals surface area (Å²) in [5.41, 5.74) is 0. The van der Waals surface area contributed by atoms with Crippen LogP contribution in [0.3, 0.4) is 0 Å². The van der Waals surface area contributed by atoms with Crippen LogP contribution in [0.1, 0.15) is 17.5 Å². The Morgan fingerprint density at radius 3 is 3.07 bits per heavy atom. The number of nitrogens with zero attached hydrogens (tertiary/aromatic N) is 2. The van der Waals surface area contributed by atoms with Crippen molar-refractivity contribution in [3.63, 3.8) is 0 Å². The Balaban J connectivity index is 1.99. The molecule has 1 saturated heterocycles. The Labute approximate surface area is 91.0 Å². The second-order valence-electron chi connectivity index (χ2n) is 3.59. The second kappa shape index (κ2) is 4.16. The Morgan fingerprint density at radius 1 is 1.73 bits per heavy atom. The molecule has 1 fully saturated rings. The maximum atomic E-state index is 10.7. The van der Waals surface area contributed by atoms with E-state index in [2.05, 4.69) is 4.98 Å². The molecule has 1 aromatic heterocycles. The van der Waals surface area contributed by atoms with Crippen LogP contribution in [0.4, 0.5) is 4.79 Å². The Bertz CT molecular complexity index is 341. The van der Waals surface area contributed by atoms with Gasteiger partial charge in [-0.1, -0.05) is 0 Å². The minimum atomic E-state index is -0.913. The number of aliphatic hydroxyl groups excluding tert-OH is 1. The maximum Gasteiger partial charge on any atom is 0.407 e. The van der Waals surface area contributed by atoms with Crippen molar-refractivity contribution in [3.8, 4) is 0 Å². The van der Waals surface area contributed by atoms with E-state index >= 15 is 0 Å². The van der Waals surface area contributed by atoms with Gasteiger partial charge in [0, 0.05) is 30.6 Å². The van der Waals surface area contributed by atoms with Gasteiger partial charge in [-0.3, -0.25) is 0 Å². The molecule has 2 heterocycles. The first-order chi connectivity index (χ1) is 7.18. The van der Waals surface area contributed by atoms with E-state index in [1.54, 1.807) is 6.20 Å².